The molecule has 4 heteroatoms. The molecular weight excluding hydrogens is 327 g/mol. The summed E-state index contributed by atoms with van der Waals surface area (Å²) in [4.78, 5) is 14.0. The van der Waals surface area contributed by atoms with E-state index in [1.807, 2.05) is 6.07 Å². The van der Waals surface area contributed by atoms with E-state index in [9.17, 15) is 4.79 Å². The van der Waals surface area contributed by atoms with Gasteiger partial charge in [0.1, 0.15) is 0 Å². The van der Waals surface area contributed by atoms with Crippen LogP contribution >= 0.6 is 22.6 Å². The topological polar surface area (TPSA) is 32.3 Å². The molecule has 0 saturated heterocycles. The second-order valence-electron chi connectivity index (χ2n) is 4.60. The monoisotopic (exact) mass is 344 g/mol. The molecule has 1 heterocycles. The van der Waals surface area contributed by atoms with Crippen molar-refractivity contribution in [2.24, 2.45) is 0 Å². The molecule has 0 saturated carbocycles. The molecule has 0 fully saturated rings. The fourth-order valence-electron chi connectivity index (χ4n) is 2.14. The molecule has 92 valence electrons. The third-order valence-electron chi connectivity index (χ3n) is 2.97. The summed E-state index contributed by atoms with van der Waals surface area (Å²) in [7, 11) is 0. The highest BCUT2D eigenvalue weighted by atomic mass is 127. The average Bonchev–Trinajstić information content (AvgIpc) is 2.22. The first-order chi connectivity index (χ1) is 8.08. The van der Waals surface area contributed by atoms with Gasteiger partial charge in [0, 0.05) is 22.6 Å². The molecule has 0 spiro atoms. The summed E-state index contributed by atoms with van der Waals surface area (Å²) in [5.41, 5.74) is 2.07. The number of nitrogens with zero attached hydrogens (tertiary/aromatic N) is 1. The summed E-state index contributed by atoms with van der Waals surface area (Å²) in [6.07, 6.45) is 1.52. The zero-order chi connectivity index (χ0) is 12.4. The summed E-state index contributed by atoms with van der Waals surface area (Å²) < 4.78 is 1.14. The van der Waals surface area contributed by atoms with E-state index in [4.69, 9.17) is 0 Å². The highest BCUT2D eigenvalue weighted by Gasteiger charge is 2.19. The fraction of sp³-hybridized carbons (Fsp3) is 0.462. The van der Waals surface area contributed by atoms with Crippen LogP contribution in [-0.4, -0.2) is 18.5 Å². The van der Waals surface area contributed by atoms with Gasteiger partial charge in [0.2, 0.25) is 5.91 Å². The number of halogens is 1. The first-order valence-electron chi connectivity index (χ1n) is 5.94. The number of anilines is 2. The van der Waals surface area contributed by atoms with Crippen LogP contribution in [0.5, 0.6) is 0 Å². The quantitative estimate of drug-likeness (QED) is 0.794. The molecule has 1 aromatic carbocycles. The van der Waals surface area contributed by atoms with Gasteiger partial charge in [-0.25, -0.2) is 0 Å². The molecule has 2 rings (SSSR count). The summed E-state index contributed by atoms with van der Waals surface area (Å²) >= 11 is 2.27. The highest BCUT2D eigenvalue weighted by molar-refractivity contribution is 14.1. The van der Waals surface area contributed by atoms with Gasteiger partial charge in [-0.05, 0) is 61.1 Å². The van der Waals surface area contributed by atoms with Crippen LogP contribution in [-0.2, 0) is 4.79 Å². The maximum Gasteiger partial charge on any atom is 0.224 e. The van der Waals surface area contributed by atoms with E-state index < -0.39 is 0 Å². The lowest BCUT2D eigenvalue weighted by atomic mass is 10.1. The Hall–Kier alpha value is -0.780. The number of benzene rings is 1. The number of fused-ring (bicyclic) bond motifs is 1. The number of rotatable bonds is 1. The summed E-state index contributed by atoms with van der Waals surface area (Å²) in [5, 5.41) is 3.00. The van der Waals surface area contributed by atoms with Crippen molar-refractivity contribution >= 4 is 39.9 Å². The molecule has 1 amide bonds. The van der Waals surface area contributed by atoms with Gasteiger partial charge in [-0.2, -0.15) is 0 Å². The zero-order valence-electron chi connectivity index (χ0n) is 10.2. The normalized spacial score (nSPS) is 16.2. The molecule has 1 aliphatic heterocycles. The van der Waals surface area contributed by atoms with Crippen molar-refractivity contribution in [1.82, 2.24) is 0 Å². The number of carbonyl (C=O) groups excluding carboxylic acids is 1. The zero-order valence-corrected chi connectivity index (χ0v) is 12.3. The van der Waals surface area contributed by atoms with Gasteiger partial charge >= 0.3 is 0 Å². The van der Waals surface area contributed by atoms with E-state index in [-0.39, 0.29) is 5.91 Å². The van der Waals surface area contributed by atoms with Crippen LogP contribution in [0.3, 0.4) is 0 Å². The Morgan fingerprint density at radius 2 is 2.18 bits per heavy atom. The lowest BCUT2D eigenvalue weighted by Gasteiger charge is -2.32. The fourth-order valence-corrected chi connectivity index (χ4v) is 2.63. The molecule has 0 aliphatic carbocycles. The van der Waals surface area contributed by atoms with Crippen LogP contribution in [0.1, 0.15) is 26.7 Å². The highest BCUT2D eigenvalue weighted by Crippen LogP contribution is 2.31. The molecule has 0 bridgehead atoms. The van der Waals surface area contributed by atoms with Crippen molar-refractivity contribution in [2.45, 2.75) is 32.7 Å². The van der Waals surface area contributed by atoms with Crippen molar-refractivity contribution < 1.29 is 4.79 Å². The average molecular weight is 344 g/mol. The standard InChI is InChI=1S/C13H17IN2O/c1-9(2)16-7-3-4-13(17)15-11-8-10(14)5-6-12(11)16/h5-6,8-9H,3-4,7H2,1-2H3,(H,15,17). The second-order valence-corrected chi connectivity index (χ2v) is 5.85. The van der Waals surface area contributed by atoms with Crippen molar-refractivity contribution in [2.75, 3.05) is 16.8 Å². The minimum atomic E-state index is 0.122. The summed E-state index contributed by atoms with van der Waals surface area (Å²) in [6.45, 7) is 5.31. The number of amides is 1. The van der Waals surface area contributed by atoms with Gasteiger partial charge in [-0.3, -0.25) is 4.79 Å². The summed E-state index contributed by atoms with van der Waals surface area (Å²) in [5.74, 6) is 0.122. The minimum absolute atomic E-state index is 0.122. The maximum atomic E-state index is 11.7. The first-order valence-corrected chi connectivity index (χ1v) is 7.02. The van der Waals surface area contributed by atoms with Gasteiger partial charge in [0.15, 0.2) is 0 Å². The van der Waals surface area contributed by atoms with E-state index >= 15 is 0 Å². The van der Waals surface area contributed by atoms with E-state index in [1.54, 1.807) is 0 Å². The number of nitrogens with one attached hydrogen (secondary N) is 1. The number of carbonyl (C=O) groups is 1. The Morgan fingerprint density at radius 3 is 2.88 bits per heavy atom. The Balaban J connectivity index is 2.44. The maximum absolute atomic E-state index is 11.7. The van der Waals surface area contributed by atoms with Gasteiger partial charge in [0.25, 0.3) is 0 Å². The molecule has 17 heavy (non-hydrogen) atoms. The smallest absolute Gasteiger partial charge is 0.224 e. The van der Waals surface area contributed by atoms with Crippen LogP contribution < -0.4 is 10.2 Å². The van der Waals surface area contributed by atoms with Crippen molar-refractivity contribution in [1.29, 1.82) is 0 Å². The van der Waals surface area contributed by atoms with Gasteiger partial charge in [-0.15, -0.1) is 0 Å². The molecule has 1 N–H and O–H groups in total. The third kappa shape index (κ3) is 2.91. The summed E-state index contributed by atoms with van der Waals surface area (Å²) in [6, 6.07) is 6.67. The third-order valence-corrected chi connectivity index (χ3v) is 3.64. The Bertz CT molecular complexity index is 431. The predicted molar refractivity (Wildman–Crippen MR) is 79.5 cm³/mol. The predicted octanol–water partition coefficient (Wildman–Crippen LogP) is 3.24. The molecule has 1 aliphatic rings. The molecular formula is C13H17IN2O. The van der Waals surface area contributed by atoms with Crippen molar-refractivity contribution in [3.63, 3.8) is 0 Å². The van der Waals surface area contributed by atoms with Gasteiger partial charge in [0.05, 0.1) is 11.4 Å². The van der Waals surface area contributed by atoms with E-state index in [0.29, 0.717) is 12.5 Å². The Morgan fingerprint density at radius 1 is 1.41 bits per heavy atom. The van der Waals surface area contributed by atoms with Gasteiger partial charge < -0.3 is 10.2 Å². The van der Waals surface area contributed by atoms with Crippen LogP contribution in [0.25, 0.3) is 0 Å². The first kappa shape index (κ1) is 12.7. The van der Waals surface area contributed by atoms with Crippen molar-refractivity contribution in [3.05, 3.63) is 21.8 Å². The second kappa shape index (κ2) is 5.25. The van der Waals surface area contributed by atoms with Crippen LogP contribution in [0.4, 0.5) is 11.4 Å². The molecule has 0 radical (unpaired) electrons. The van der Waals surface area contributed by atoms with Crippen molar-refractivity contribution in [3.8, 4) is 0 Å². The number of hydrogen-bond donors (Lipinski definition) is 1. The molecule has 0 atom stereocenters. The van der Waals surface area contributed by atoms with E-state index in [1.165, 1.54) is 0 Å². The largest absolute Gasteiger partial charge is 0.367 e. The Labute approximate surface area is 116 Å². The molecule has 1 aromatic rings. The molecule has 3 nitrogen and oxygen atoms in total. The molecule has 0 unspecified atom stereocenters. The lowest BCUT2D eigenvalue weighted by molar-refractivity contribution is -0.116. The van der Waals surface area contributed by atoms with Crippen LogP contribution in [0.15, 0.2) is 18.2 Å². The number of hydrogen-bond acceptors (Lipinski definition) is 2. The minimum Gasteiger partial charge on any atom is -0.367 e. The van der Waals surface area contributed by atoms with E-state index in [0.717, 1.165) is 27.9 Å². The van der Waals surface area contributed by atoms with E-state index in [2.05, 4.69) is 58.8 Å². The van der Waals surface area contributed by atoms with Crippen LogP contribution in [0.2, 0.25) is 0 Å². The molecule has 0 aromatic heterocycles. The lowest BCUT2D eigenvalue weighted by Crippen LogP contribution is -2.34. The van der Waals surface area contributed by atoms with Gasteiger partial charge in [-0.1, -0.05) is 0 Å². The Kier molecular flexibility index (Phi) is 3.91. The SMILES string of the molecule is CC(C)N1CCCC(=O)Nc2cc(I)ccc21. The van der Waals surface area contributed by atoms with Crippen LogP contribution in [0, 0.1) is 3.57 Å².